The van der Waals surface area contributed by atoms with Crippen molar-refractivity contribution in [3.8, 4) is 0 Å². The molecule has 16 N–H and O–H groups in total. The van der Waals surface area contributed by atoms with Crippen LogP contribution in [0, 0.1) is 0 Å². The van der Waals surface area contributed by atoms with Crippen LogP contribution in [0.4, 0.5) is 0 Å². The van der Waals surface area contributed by atoms with Crippen LogP contribution in [0.5, 0.6) is 0 Å². The van der Waals surface area contributed by atoms with Gasteiger partial charge in [-0.05, 0) is 14.1 Å². The number of aliphatic hydroxyl groups is 16. The van der Waals surface area contributed by atoms with Crippen LogP contribution in [-0.2, 0) is 75.8 Å². The average molecular weight is 1760 g/mol. The van der Waals surface area contributed by atoms with E-state index in [-0.39, 0.29) is 43.9 Å². The summed E-state index contributed by atoms with van der Waals surface area (Å²) in [7, 11) is 3.29. The number of alkyl halides is 7. The van der Waals surface area contributed by atoms with Crippen molar-refractivity contribution in [2.45, 2.75) is 246 Å². The maximum absolute atomic E-state index is 11.8. The van der Waals surface area contributed by atoms with E-state index in [0.29, 0.717) is 0 Å². The molecular formula is C50H78Br7NO32. The molecule has 0 spiro atoms. The van der Waals surface area contributed by atoms with Gasteiger partial charge in [0.25, 0.3) is 0 Å². The highest BCUT2D eigenvalue weighted by molar-refractivity contribution is 9.10. The van der Waals surface area contributed by atoms with Gasteiger partial charge in [0.2, 0.25) is 0 Å². The third-order valence-electron chi connectivity index (χ3n) is 17.1. The first kappa shape index (κ1) is 76.2. The van der Waals surface area contributed by atoms with Crippen LogP contribution in [0.25, 0.3) is 0 Å². The summed E-state index contributed by atoms with van der Waals surface area (Å²) in [6.45, 7) is -0.0541. The molecule has 30 aliphatic heterocycles. The van der Waals surface area contributed by atoms with Crippen LogP contribution in [0.15, 0.2) is 0 Å². The van der Waals surface area contributed by atoms with Gasteiger partial charge in [-0.15, -0.1) is 0 Å². The van der Waals surface area contributed by atoms with E-state index >= 15 is 0 Å². The summed E-state index contributed by atoms with van der Waals surface area (Å²) >= 11 is 23.2. The lowest BCUT2D eigenvalue weighted by Gasteiger charge is -2.51. The van der Waals surface area contributed by atoms with E-state index in [9.17, 15) is 81.7 Å². The molecule has 524 valence electrons. The smallest absolute Gasteiger partial charge is 0.187 e. The molecule has 30 rings (SSSR count). The molecule has 40 heteroatoms. The predicted octanol–water partition coefficient (Wildman–Crippen LogP) is -7.02. The van der Waals surface area contributed by atoms with Crippen molar-refractivity contribution in [3.63, 3.8) is 0 Å². The Hall–Kier alpha value is 2.04. The molecule has 0 aromatic carbocycles. The topological polar surface area (TPSA) is 475 Å². The van der Waals surface area contributed by atoms with Gasteiger partial charge in [-0.3, -0.25) is 0 Å². The molecule has 30 heterocycles. The zero-order valence-corrected chi connectivity index (χ0v) is 58.6. The number of nitrogens with zero attached hydrogens (tertiary/aromatic N) is 1. The Bertz CT molecular complexity index is 2220. The Morgan fingerprint density at radius 3 is 0.444 bits per heavy atom. The molecule has 0 unspecified atom stereocenters. The normalized spacial score (nSPS) is 54.5. The summed E-state index contributed by atoms with van der Waals surface area (Å²) in [5.41, 5.74) is 0. The zero-order chi connectivity index (χ0) is 65.6. The number of halogens is 7. The van der Waals surface area contributed by atoms with E-state index in [1.165, 1.54) is 0 Å². The van der Waals surface area contributed by atoms with Gasteiger partial charge in [-0.2, -0.15) is 0 Å². The van der Waals surface area contributed by atoms with Crippen molar-refractivity contribution in [3.05, 3.63) is 0 Å². The number of aliphatic hydroxyl groups excluding tert-OH is 16. The molecule has 30 saturated heterocycles. The molecule has 40 atom stereocenters. The second kappa shape index (κ2) is 33.2. The molecule has 30 fully saturated rings. The number of ether oxygens (including phenoxy) is 16. The highest BCUT2D eigenvalue weighted by Gasteiger charge is 2.60. The molecule has 90 heavy (non-hydrogen) atoms. The fraction of sp³-hybridized carbons (Fsp3) is 1.00. The zero-order valence-electron chi connectivity index (χ0n) is 47.5. The summed E-state index contributed by atoms with van der Waals surface area (Å²) < 4.78 is 97.3. The highest BCUT2D eigenvalue weighted by atomic mass is 79.9. The monoisotopic (exact) mass is 1760 g/mol. The molecule has 0 saturated carbocycles. The van der Waals surface area contributed by atoms with E-state index < -0.39 is 246 Å². The van der Waals surface area contributed by atoms with Crippen molar-refractivity contribution in [2.75, 3.05) is 58.0 Å². The number of rotatable bonds is 9. The van der Waals surface area contributed by atoms with Crippen molar-refractivity contribution in [2.24, 2.45) is 0 Å². The largest absolute Gasteiger partial charge is 0.387 e. The third-order valence-corrected chi connectivity index (χ3v) is 21.5. The second-order valence-electron chi connectivity index (χ2n) is 23.3. The summed E-state index contributed by atoms with van der Waals surface area (Å²) in [5.74, 6) is 0. The van der Waals surface area contributed by atoms with Gasteiger partial charge in [-0.25, -0.2) is 0 Å². The molecule has 0 aromatic rings. The summed E-state index contributed by atoms with van der Waals surface area (Å²) in [4.78, 5) is 1.63. The van der Waals surface area contributed by atoms with Crippen LogP contribution in [0.3, 0.4) is 0 Å². The van der Waals surface area contributed by atoms with E-state index in [1.807, 2.05) is 0 Å². The maximum Gasteiger partial charge on any atom is 0.187 e. The van der Waals surface area contributed by atoms with E-state index in [2.05, 4.69) is 112 Å². The quantitative estimate of drug-likeness (QED) is 0.0954. The van der Waals surface area contributed by atoms with Crippen LogP contribution in [-0.4, -0.2) is 390 Å². The van der Waals surface area contributed by atoms with E-state index in [0.717, 1.165) is 0 Å². The lowest BCUT2D eigenvalue weighted by atomic mass is 9.95. The van der Waals surface area contributed by atoms with Crippen molar-refractivity contribution >= 4 is 112 Å². The molecule has 0 aliphatic carbocycles. The van der Waals surface area contributed by atoms with Gasteiger partial charge in [0, 0.05) is 43.9 Å². The molecule has 30 aliphatic rings. The summed E-state index contributed by atoms with van der Waals surface area (Å²) in [5, 5.41) is 185. The first-order valence-corrected chi connectivity index (χ1v) is 36.5. The minimum Gasteiger partial charge on any atom is -0.387 e. The third kappa shape index (κ3) is 15.9. The van der Waals surface area contributed by atoms with Crippen molar-refractivity contribution < 1.29 is 157 Å². The van der Waals surface area contributed by atoms with E-state index in [1.54, 1.807) is 19.0 Å². The summed E-state index contributed by atoms with van der Waals surface area (Å²) in [6.07, 6.45) is -67.8. The SMILES string of the molecule is CN(C)C[C@H]1O[C@@H]2O[C@H]3[C@H](O)[C@@H](O)[C@@H](O[C@H]4[C@H](O)[C@@H](O)[C@@H](O[C@H]5[C@H](O)[C@@H](O)[C@@H](O[C@H]6[C@H](O)[C@@H](O)[C@@H](O[C@H]7[C@H](O)[C@@H](O)[C@@H](O[C@H]8[C@H](O)[C@@H](O)[C@@H](O[C@H]9[C@H](O)[C@@H](O)[C@@H](O[C@H]1[C@H](O)[C@H]2O)O[C@@H]9CBr)O[C@@H]8CBr)O[C@@H]7CBr)O[C@@H]6CBr)O[C@@H]5CBr)O[C@@H]4CBr)O[C@@H]3CBr. The summed E-state index contributed by atoms with van der Waals surface area (Å²) in [6, 6.07) is 0. The predicted molar refractivity (Wildman–Crippen MR) is 319 cm³/mol. The first-order valence-electron chi connectivity index (χ1n) is 28.7. The van der Waals surface area contributed by atoms with Crippen molar-refractivity contribution in [1.82, 2.24) is 4.90 Å². The van der Waals surface area contributed by atoms with Gasteiger partial charge >= 0.3 is 0 Å². The lowest BCUT2D eigenvalue weighted by molar-refractivity contribution is -0.397. The number of hydrogen-bond acceptors (Lipinski definition) is 33. The maximum atomic E-state index is 11.8. The fourth-order valence-corrected chi connectivity index (χ4v) is 15.8. The Labute approximate surface area is 573 Å². The Kier molecular flexibility index (Phi) is 28.1. The fourth-order valence-electron chi connectivity index (χ4n) is 12.1. The lowest BCUT2D eigenvalue weighted by Crippen LogP contribution is -2.69. The van der Waals surface area contributed by atoms with Gasteiger partial charge in [-0.1, -0.05) is 112 Å². The standard InChI is InChI=1S/C50H78Br7NO32/c1-58(2)10-18-42-26(66)34(74)50(82-18)89-41-17(9-57)80-48(32(72)24(41)64)87-39-15(7-55)78-46(30(70)22(39)62)85-37-13(5-53)76-44(28(68)20(37)60)83-35-11(3-51)75-43(27(67)19(35)59)84-36-12(4-52)77-45(29(69)21(36)61)86-38-14(6-54)79-47(31(71)23(38)63)88-40-16(8-56)81-49(90-42)33(73)25(40)65/h11-50,59-74H,3-10H2,1-2H3/t11-,12-,13-,14-,15-,16-,17-,18-,19-,20-,21-,22-,23-,24-,25-,26-,27-,28-,29-,30-,31-,32-,33-,34-,35-,36-,37-,38-,39-,40-,41-,42-,43-,44-,45-,46-,47-,48-,49-,50-/m1/s1. The minimum atomic E-state index is -1.99. The van der Waals surface area contributed by atoms with Gasteiger partial charge in [0.15, 0.2) is 50.3 Å². The average Bonchev–Trinajstić information content (AvgIpc) is 0.912. The molecular weight excluding hydrogens is 1690 g/mol. The van der Waals surface area contributed by atoms with Crippen LogP contribution in [0.1, 0.15) is 0 Å². The van der Waals surface area contributed by atoms with E-state index in [4.69, 9.17) is 75.8 Å². The molecule has 0 radical (unpaired) electrons. The Morgan fingerprint density at radius 2 is 0.322 bits per heavy atom. The van der Waals surface area contributed by atoms with Gasteiger partial charge < -0.3 is 162 Å². The molecule has 16 bridgehead atoms. The minimum absolute atomic E-state index is 0.0541. The van der Waals surface area contributed by atoms with Gasteiger partial charge in [0.05, 0.1) is 42.7 Å². The van der Waals surface area contributed by atoms with Crippen LogP contribution < -0.4 is 0 Å². The molecule has 33 nitrogen and oxygen atoms in total. The Morgan fingerprint density at radius 1 is 0.200 bits per heavy atom. The Balaban J connectivity index is 0.986. The van der Waals surface area contributed by atoms with Crippen LogP contribution >= 0.6 is 112 Å². The molecule has 0 amide bonds. The highest BCUT2D eigenvalue weighted by Crippen LogP contribution is 2.41. The second-order valence-corrected chi connectivity index (χ2v) is 27.9. The first-order chi connectivity index (χ1) is 42.7. The van der Waals surface area contributed by atoms with Crippen LogP contribution in [0.2, 0.25) is 0 Å². The van der Waals surface area contributed by atoms with Gasteiger partial charge in [0.1, 0.15) is 153 Å². The number of likely N-dealkylation sites (N-methyl/N-ethyl adjacent to an activating group) is 1. The molecule has 0 aromatic heterocycles. The van der Waals surface area contributed by atoms with Crippen molar-refractivity contribution in [1.29, 1.82) is 0 Å². The number of hydrogen-bond donors (Lipinski definition) is 16.